The molecule has 6 rings (SSSR count). The number of ether oxygens (including phenoxy) is 4. The Kier molecular flexibility index (Phi) is 11.8. The molecule has 0 aliphatic carbocycles. The summed E-state index contributed by atoms with van der Waals surface area (Å²) in [5.74, 6) is 2.88. The monoisotopic (exact) mass is 784 g/mol. The number of carbonyl (C=O) groups excluding carboxylic acids is 4. The Morgan fingerprint density at radius 1 is 0.441 bits per heavy atom. The summed E-state index contributed by atoms with van der Waals surface area (Å²) in [5, 5.41) is 2.42. The van der Waals surface area contributed by atoms with Crippen molar-refractivity contribution in [2.45, 2.75) is 27.7 Å². The van der Waals surface area contributed by atoms with Crippen molar-refractivity contribution in [3.63, 3.8) is 0 Å². The molecule has 8 nitrogen and oxygen atoms in total. The van der Waals surface area contributed by atoms with Crippen LogP contribution in [0.5, 0.6) is 23.0 Å². The molecule has 292 valence electrons. The van der Waals surface area contributed by atoms with Crippen molar-refractivity contribution in [3.05, 3.63) is 169 Å². The number of hydrogen-bond acceptors (Lipinski definition) is 8. The first-order valence-electron chi connectivity index (χ1n) is 18.2. The summed E-state index contributed by atoms with van der Waals surface area (Å²) >= 11 is 0. The largest absolute Gasteiger partial charge is 0.419 e. The van der Waals surface area contributed by atoms with Gasteiger partial charge in [0.1, 0.15) is 5.82 Å². The van der Waals surface area contributed by atoms with Crippen molar-refractivity contribution in [2.75, 3.05) is 0 Å². The van der Waals surface area contributed by atoms with E-state index in [2.05, 4.69) is 38.2 Å². The van der Waals surface area contributed by atoms with Crippen molar-refractivity contribution in [1.29, 1.82) is 0 Å². The third-order valence-electron chi connectivity index (χ3n) is 8.91. The van der Waals surface area contributed by atoms with Gasteiger partial charge in [0.25, 0.3) is 0 Å². The quantitative estimate of drug-likeness (QED) is 0.0444. The standard InChI is InChI=1S/C50H37FO8/c1-28(2)47(52)56-43-22-21-36(24-44(43)57-48(53)29(3)4)35-17-15-34(16-18-35)33-12-9-32(10-13-33)11-14-39-23-37-19-20-38-25-45(58-49(54)30(5)6)46(59-50(55)31(7)8)27-41(38)40(37)26-42(39)51/h9-10,12-13,15-27H,1,3,5,7H2,2,4,6,8H3. The van der Waals surface area contributed by atoms with Crippen LogP contribution in [0.1, 0.15) is 38.8 Å². The van der Waals surface area contributed by atoms with Crippen molar-refractivity contribution in [2.24, 2.45) is 0 Å². The summed E-state index contributed by atoms with van der Waals surface area (Å²) in [6.07, 6.45) is 0. The van der Waals surface area contributed by atoms with Crippen LogP contribution in [0, 0.1) is 17.7 Å². The smallest absolute Gasteiger partial charge is 0.338 e. The van der Waals surface area contributed by atoms with E-state index in [0.717, 1.165) is 22.3 Å². The molecule has 0 aromatic heterocycles. The van der Waals surface area contributed by atoms with Gasteiger partial charge in [-0.1, -0.05) is 92.8 Å². The molecule has 0 radical (unpaired) electrons. The van der Waals surface area contributed by atoms with Gasteiger partial charge < -0.3 is 18.9 Å². The van der Waals surface area contributed by atoms with Gasteiger partial charge in [-0.2, -0.15) is 0 Å². The van der Waals surface area contributed by atoms with Gasteiger partial charge in [0.2, 0.25) is 0 Å². The minimum atomic E-state index is -0.712. The van der Waals surface area contributed by atoms with Crippen LogP contribution in [0.3, 0.4) is 0 Å². The first kappa shape index (κ1) is 40.8. The average Bonchev–Trinajstić information content (AvgIpc) is 3.21. The molecule has 0 aliphatic heterocycles. The van der Waals surface area contributed by atoms with Gasteiger partial charge in [-0.3, -0.25) is 0 Å². The zero-order chi connectivity index (χ0) is 42.5. The normalized spacial score (nSPS) is 10.5. The van der Waals surface area contributed by atoms with Crippen LogP contribution >= 0.6 is 0 Å². The maximum absolute atomic E-state index is 15.6. The van der Waals surface area contributed by atoms with Crippen LogP contribution < -0.4 is 18.9 Å². The van der Waals surface area contributed by atoms with Crippen LogP contribution in [0.2, 0.25) is 0 Å². The molecule has 9 heteroatoms. The maximum Gasteiger partial charge on any atom is 0.338 e. The van der Waals surface area contributed by atoms with E-state index in [1.54, 1.807) is 42.5 Å². The maximum atomic E-state index is 15.6. The zero-order valence-corrected chi connectivity index (χ0v) is 32.8. The summed E-state index contributed by atoms with van der Waals surface area (Å²) < 4.78 is 37.4. The second kappa shape index (κ2) is 17.1. The van der Waals surface area contributed by atoms with E-state index < -0.39 is 29.7 Å². The molecule has 0 fully saturated rings. The molecule has 0 spiro atoms. The second-order valence-electron chi connectivity index (χ2n) is 13.9. The van der Waals surface area contributed by atoms with Gasteiger partial charge in [-0.05, 0) is 120 Å². The van der Waals surface area contributed by atoms with Crippen molar-refractivity contribution in [1.82, 2.24) is 0 Å². The molecule has 0 aliphatic rings. The van der Waals surface area contributed by atoms with Crippen molar-refractivity contribution in [3.8, 4) is 57.1 Å². The number of carbonyl (C=O) groups is 4. The summed E-state index contributed by atoms with van der Waals surface area (Å²) in [7, 11) is 0. The van der Waals surface area contributed by atoms with E-state index >= 15 is 4.39 Å². The molecule has 6 aromatic rings. The topological polar surface area (TPSA) is 105 Å². The summed E-state index contributed by atoms with van der Waals surface area (Å²) in [4.78, 5) is 49.3. The fourth-order valence-corrected chi connectivity index (χ4v) is 5.68. The summed E-state index contributed by atoms with van der Waals surface area (Å²) in [5.41, 5.74) is 4.96. The van der Waals surface area contributed by atoms with Gasteiger partial charge in [0.15, 0.2) is 23.0 Å². The Bertz CT molecular complexity index is 2850. The fourth-order valence-electron chi connectivity index (χ4n) is 5.68. The van der Waals surface area contributed by atoms with Gasteiger partial charge in [-0.25, -0.2) is 23.6 Å². The number of hydrogen-bond donors (Lipinski definition) is 0. The predicted molar refractivity (Wildman–Crippen MR) is 227 cm³/mol. The highest BCUT2D eigenvalue weighted by Crippen LogP contribution is 2.38. The van der Waals surface area contributed by atoms with E-state index in [4.69, 9.17) is 18.9 Å². The Balaban J connectivity index is 1.23. The third kappa shape index (κ3) is 9.42. The van der Waals surface area contributed by atoms with Gasteiger partial charge in [0.05, 0.1) is 5.56 Å². The molecule has 0 amide bonds. The lowest BCUT2D eigenvalue weighted by molar-refractivity contribution is -0.132. The molecule has 0 heterocycles. The number of fused-ring (bicyclic) bond motifs is 3. The molecule has 6 aromatic carbocycles. The van der Waals surface area contributed by atoms with Crippen LogP contribution in [-0.2, 0) is 19.2 Å². The van der Waals surface area contributed by atoms with E-state index in [9.17, 15) is 19.2 Å². The number of benzene rings is 6. The van der Waals surface area contributed by atoms with Gasteiger partial charge >= 0.3 is 23.9 Å². The number of halogens is 1. The molecule has 0 saturated heterocycles. The second-order valence-corrected chi connectivity index (χ2v) is 13.9. The molecular formula is C50H37FO8. The van der Waals surface area contributed by atoms with Crippen molar-refractivity contribution < 1.29 is 42.5 Å². The SMILES string of the molecule is C=C(C)C(=O)Oc1ccc(-c2ccc(-c3ccc(C#Cc4cc5ccc6cc(OC(=O)C(=C)C)c(OC(=O)C(=C)C)cc6c5cc4F)cc3)cc2)cc1OC(=O)C(=C)C. The lowest BCUT2D eigenvalue weighted by Gasteiger charge is -2.13. The summed E-state index contributed by atoms with van der Waals surface area (Å²) in [6, 6.07) is 29.9. The molecule has 59 heavy (non-hydrogen) atoms. The minimum absolute atomic E-state index is 0.0107. The van der Waals surface area contributed by atoms with Gasteiger partial charge in [0, 0.05) is 27.9 Å². The minimum Gasteiger partial charge on any atom is -0.419 e. The summed E-state index contributed by atoms with van der Waals surface area (Å²) in [6.45, 7) is 20.5. The first-order valence-corrected chi connectivity index (χ1v) is 18.2. The van der Waals surface area contributed by atoms with Crippen molar-refractivity contribution >= 4 is 45.4 Å². The van der Waals surface area contributed by atoms with E-state index in [1.165, 1.54) is 39.8 Å². The zero-order valence-electron chi connectivity index (χ0n) is 32.8. The lowest BCUT2D eigenvalue weighted by atomic mass is 9.98. The van der Waals surface area contributed by atoms with Crippen LogP contribution in [0.25, 0.3) is 43.8 Å². The number of rotatable bonds is 10. The molecule has 0 saturated carbocycles. The highest BCUT2D eigenvalue weighted by Gasteiger charge is 2.19. The molecule has 0 N–H and O–H groups in total. The Hall–Kier alpha value is -7.83. The average molecular weight is 785 g/mol. The molecular weight excluding hydrogens is 748 g/mol. The first-order chi connectivity index (χ1) is 28.1. The van der Waals surface area contributed by atoms with Gasteiger partial charge in [-0.15, -0.1) is 0 Å². The third-order valence-corrected chi connectivity index (χ3v) is 8.91. The number of esters is 4. The Morgan fingerprint density at radius 2 is 0.831 bits per heavy atom. The molecule has 0 atom stereocenters. The molecule has 0 unspecified atom stereocenters. The highest BCUT2D eigenvalue weighted by molar-refractivity contribution is 6.09. The van der Waals surface area contributed by atoms with E-state index in [0.29, 0.717) is 27.1 Å². The lowest BCUT2D eigenvalue weighted by Crippen LogP contribution is -2.12. The van der Waals surface area contributed by atoms with E-state index in [1.807, 2.05) is 48.5 Å². The predicted octanol–water partition coefficient (Wildman–Crippen LogP) is 10.8. The Morgan fingerprint density at radius 3 is 1.34 bits per heavy atom. The fraction of sp³-hybridized carbons (Fsp3) is 0.0800. The Labute approximate surface area is 340 Å². The van der Waals surface area contributed by atoms with Crippen LogP contribution in [-0.4, -0.2) is 23.9 Å². The van der Waals surface area contributed by atoms with Crippen LogP contribution in [0.4, 0.5) is 4.39 Å². The highest BCUT2D eigenvalue weighted by atomic mass is 19.1. The molecule has 0 bridgehead atoms. The van der Waals surface area contributed by atoms with E-state index in [-0.39, 0.29) is 50.9 Å². The van der Waals surface area contributed by atoms with Crippen LogP contribution in [0.15, 0.2) is 152 Å².